The molecule has 8 heteroatoms. The molecule has 0 saturated carbocycles. The summed E-state index contributed by atoms with van der Waals surface area (Å²) in [6, 6.07) is 7.23. The minimum atomic E-state index is -0.625. The van der Waals surface area contributed by atoms with Crippen LogP contribution in [-0.2, 0) is 11.2 Å². The average molecular weight is 346 g/mol. The highest BCUT2D eigenvalue weighted by Gasteiger charge is 2.09. The van der Waals surface area contributed by atoms with Crippen LogP contribution in [0, 0.1) is 0 Å². The van der Waals surface area contributed by atoms with Crippen molar-refractivity contribution in [3.63, 3.8) is 0 Å². The molecule has 0 aliphatic carbocycles. The van der Waals surface area contributed by atoms with E-state index in [-0.39, 0.29) is 24.1 Å². The Labute approximate surface area is 144 Å². The number of nitrogens with one attached hydrogen (secondary N) is 2. The minimum Gasteiger partial charge on any atom is -0.474 e. The number of aryl methyl sites for hydroxylation is 1. The van der Waals surface area contributed by atoms with Crippen molar-refractivity contribution in [1.29, 1.82) is 0 Å². The number of carbonyl (C=O) groups excluding carboxylic acids is 2. The van der Waals surface area contributed by atoms with Gasteiger partial charge >= 0.3 is 0 Å². The molecule has 2 rings (SSSR count). The third-order valence-electron chi connectivity index (χ3n) is 3.29. The van der Waals surface area contributed by atoms with E-state index < -0.39 is 12.6 Å². The molecule has 0 bridgehead atoms. The first-order valence-electron chi connectivity index (χ1n) is 7.74. The molecule has 132 valence electrons. The van der Waals surface area contributed by atoms with E-state index in [9.17, 15) is 14.0 Å². The van der Waals surface area contributed by atoms with Crippen molar-refractivity contribution in [2.24, 2.45) is 0 Å². The highest BCUT2D eigenvalue weighted by Crippen LogP contribution is 2.14. The van der Waals surface area contributed by atoms with Crippen molar-refractivity contribution in [2.75, 3.05) is 25.6 Å². The van der Waals surface area contributed by atoms with E-state index in [1.54, 1.807) is 25.2 Å². The van der Waals surface area contributed by atoms with E-state index in [2.05, 4.69) is 20.6 Å². The van der Waals surface area contributed by atoms with E-state index in [4.69, 9.17) is 4.74 Å². The monoisotopic (exact) mass is 346 g/mol. The molecule has 0 aliphatic heterocycles. The quantitative estimate of drug-likeness (QED) is 0.760. The van der Waals surface area contributed by atoms with Crippen LogP contribution in [0.1, 0.15) is 22.5 Å². The number of anilines is 1. The summed E-state index contributed by atoms with van der Waals surface area (Å²) in [7, 11) is 1.59. The molecule has 0 spiro atoms. The van der Waals surface area contributed by atoms with Gasteiger partial charge in [-0.15, -0.1) is 0 Å². The van der Waals surface area contributed by atoms with Gasteiger partial charge in [0.05, 0.1) is 12.4 Å². The van der Waals surface area contributed by atoms with Gasteiger partial charge in [0.25, 0.3) is 5.91 Å². The number of rotatable bonds is 8. The van der Waals surface area contributed by atoms with E-state index in [0.29, 0.717) is 18.5 Å². The lowest BCUT2D eigenvalue weighted by Gasteiger charge is -2.07. The van der Waals surface area contributed by atoms with Crippen LogP contribution >= 0.6 is 0 Å². The number of carbonyl (C=O) groups is 2. The van der Waals surface area contributed by atoms with Crippen LogP contribution < -0.4 is 15.4 Å². The predicted octanol–water partition coefficient (Wildman–Crippen LogP) is 1.76. The molecule has 25 heavy (non-hydrogen) atoms. The smallest absolute Gasteiger partial charge is 0.275 e. The van der Waals surface area contributed by atoms with Gasteiger partial charge in [-0.3, -0.25) is 9.59 Å². The summed E-state index contributed by atoms with van der Waals surface area (Å²) in [6.07, 6.45) is 3.48. The molecule has 1 heterocycles. The molecule has 0 fully saturated rings. The number of alkyl halides is 1. The Kier molecular flexibility index (Phi) is 6.82. The van der Waals surface area contributed by atoms with Crippen molar-refractivity contribution in [1.82, 2.24) is 15.3 Å². The number of hydrogen-bond acceptors (Lipinski definition) is 5. The van der Waals surface area contributed by atoms with Crippen LogP contribution in [0.15, 0.2) is 36.7 Å². The topological polar surface area (TPSA) is 93.2 Å². The van der Waals surface area contributed by atoms with Gasteiger partial charge in [0.2, 0.25) is 11.8 Å². The number of ether oxygens (including phenoxy) is 1. The van der Waals surface area contributed by atoms with Crippen LogP contribution in [0.25, 0.3) is 0 Å². The summed E-state index contributed by atoms with van der Waals surface area (Å²) in [5.41, 5.74) is 1.64. The summed E-state index contributed by atoms with van der Waals surface area (Å²) in [5.74, 6) is -0.307. The fraction of sp³-hybridized carbons (Fsp3) is 0.294. The van der Waals surface area contributed by atoms with Crippen LogP contribution in [0.2, 0.25) is 0 Å². The summed E-state index contributed by atoms with van der Waals surface area (Å²) in [5, 5.41) is 5.29. The Balaban J connectivity index is 1.96. The average Bonchev–Trinajstić information content (AvgIpc) is 2.65. The molecule has 0 unspecified atom stereocenters. The van der Waals surface area contributed by atoms with Crippen molar-refractivity contribution < 1.29 is 18.7 Å². The minimum absolute atomic E-state index is 0.0419. The van der Waals surface area contributed by atoms with E-state index in [1.165, 1.54) is 12.4 Å². The van der Waals surface area contributed by atoms with Crippen molar-refractivity contribution in [3.8, 4) is 5.88 Å². The molecule has 2 amide bonds. The number of benzene rings is 1. The van der Waals surface area contributed by atoms with Crippen LogP contribution in [-0.4, -0.2) is 42.1 Å². The van der Waals surface area contributed by atoms with Gasteiger partial charge in [-0.05, 0) is 24.1 Å². The van der Waals surface area contributed by atoms with Gasteiger partial charge in [0.15, 0.2) is 0 Å². The maximum atomic E-state index is 12.2. The molecule has 7 nitrogen and oxygen atoms in total. The highest BCUT2D eigenvalue weighted by atomic mass is 19.1. The van der Waals surface area contributed by atoms with Gasteiger partial charge in [0, 0.05) is 19.2 Å². The van der Waals surface area contributed by atoms with E-state index in [0.717, 1.165) is 5.56 Å². The predicted molar refractivity (Wildman–Crippen MR) is 90.3 cm³/mol. The molecule has 2 N–H and O–H groups in total. The second-order valence-corrected chi connectivity index (χ2v) is 5.10. The largest absolute Gasteiger partial charge is 0.474 e. The second kappa shape index (κ2) is 9.31. The third-order valence-corrected chi connectivity index (χ3v) is 3.29. The highest BCUT2D eigenvalue weighted by molar-refractivity contribution is 6.02. The fourth-order valence-electron chi connectivity index (χ4n) is 2.03. The maximum Gasteiger partial charge on any atom is 0.275 e. The van der Waals surface area contributed by atoms with Gasteiger partial charge in [-0.1, -0.05) is 12.1 Å². The fourth-order valence-corrected chi connectivity index (χ4v) is 2.03. The molecule has 1 aromatic carbocycles. The number of amides is 2. The van der Waals surface area contributed by atoms with Gasteiger partial charge < -0.3 is 15.4 Å². The molecule has 1 aromatic heterocycles. The van der Waals surface area contributed by atoms with Crippen LogP contribution in [0.3, 0.4) is 0 Å². The Hall–Kier alpha value is -3.03. The van der Waals surface area contributed by atoms with E-state index >= 15 is 0 Å². The molecule has 0 radical (unpaired) electrons. The zero-order valence-electron chi connectivity index (χ0n) is 13.8. The molecule has 0 saturated heterocycles. The Bertz CT molecular complexity index is 722. The van der Waals surface area contributed by atoms with Crippen molar-refractivity contribution in [3.05, 3.63) is 47.9 Å². The first-order valence-corrected chi connectivity index (χ1v) is 7.74. The summed E-state index contributed by atoms with van der Waals surface area (Å²) >= 11 is 0. The van der Waals surface area contributed by atoms with Gasteiger partial charge in [-0.2, -0.15) is 0 Å². The van der Waals surface area contributed by atoms with Crippen LogP contribution in [0.5, 0.6) is 5.88 Å². The lowest BCUT2D eigenvalue weighted by atomic mass is 10.1. The number of nitrogens with zero attached hydrogens (tertiary/aromatic N) is 2. The van der Waals surface area contributed by atoms with E-state index in [1.807, 2.05) is 6.07 Å². The molecule has 2 aromatic rings. The first-order chi connectivity index (χ1) is 12.1. The lowest BCUT2D eigenvalue weighted by molar-refractivity contribution is -0.120. The molecular weight excluding hydrogens is 327 g/mol. The molecule has 0 aliphatic rings. The number of aromatic nitrogens is 2. The summed E-state index contributed by atoms with van der Waals surface area (Å²) in [4.78, 5) is 31.3. The van der Waals surface area contributed by atoms with Gasteiger partial charge in [0.1, 0.15) is 19.0 Å². The zero-order chi connectivity index (χ0) is 18.1. The van der Waals surface area contributed by atoms with Crippen LogP contribution in [0.4, 0.5) is 10.1 Å². The first kappa shape index (κ1) is 18.3. The summed E-state index contributed by atoms with van der Waals surface area (Å²) < 4.78 is 17.0. The summed E-state index contributed by atoms with van der Waals surface area (Å²) in [6.45, 7) is -0.733. The maximum absolute atomic E-state index is 12.2. The zero-order valence-corrected chi connectivity index (χ0v) is 13.8. The standard InChI is InChI=1S/C17H19FN4O3/c1-19-15(23)6-5-12-3-2-4-13(9-12)22-17(24)14-10-21-16(11-20-14)25-8-7-18/h2-4,9-11H,5-8H2,1H3,(H,19,23)(H,22,24). The van der Waals surface area contributed by atoms with Crippen molar-refractivity contribution >= 4 is 17.5 Å². The number of hydrogen-bond donors (Lipinski definition) is 2. The lowest BCUT2D eigenvalue weighted by Crippen LogP contribution is -2.18. The normalized spacial score (nSPS) is 10.2. The Morgan fingerprint density at radius 3 is 2.76 bits per heavy atom. The van der Waals surface area contributed by atoms with Gasteiger partial charge in [-0.25, -0.2) is 14.4 Å². The Morgan fingerprint density at radius 2 is 2.08 bits per heavy atom. The van der Waals surface area contributed by atoms with Crippen molar-refractivity contribution in [2.45, 2.75) is 12.8 Å². The Morgan fingerprint density at radius 1 is 1.24 bits per heavy atom. The number of halogens is 1. The SMILES string of the molecule is CNC(=O)CCc1cccc(NC(=O)c2cnc(OCCF)cn2)c1. The molecule has 0 atom stereocenters. The third kappa shape index (κ3) is 5.83. The molecular formula is C17H19FN4O3. The second-order valence-electron chi connectivity index (χ2n) is 5.10.